The summed E-state index contributed by atoms with van der Waals surface area (Å²) in [4.78, 5) is 32.3. The highest BCUT2D eigenvalue weighted by Crippen LogP contribution is 2.29. The van der Waals surface area contributed by atoms with Crippen molar-refractivity contribution in [2.45, 2.75) is 25.8 Å². The van der Waals surface area contributed by atoms with Crippen LogP contribution in [0.5, 0.6) is 5.75 Å². The van der Waals surface area contributed by atoms with Gasteiger partial charge in [-0.3, -0.25) is 9.59 Å². The lowest BCUT2D eigenvalue weighted by Gasteiger charge is -2.26. The average Bonchev–Trinajstić information content (AvgIpc) is 3.19. The molecule has 0 radical (unpaired) electrons. The number of carbonyl (C=O) groups excluding carboxylic acids is 2. The van der Waals surface area contributed by atoms with Gasteiger partial charge < -0.3 is 15.0 Å². The standard InChI is InChI=1S/C23H22ClN3O3S/c24-17-8-10-18(11-9-17)30-14-4-7-21(28)26-23-25-19-12-13-27(15-20(19)31-23)22(29)16-5-2-1-3-6-16/h1-3,5-6,8-11H,4,7,12-15H2,(H,25,26,28). The van der Waals surface area contributed by atoms with Crippen LogP contribution in [0.15, 0.2) is 54.6 Å². The Morgan fingerprint density at radius 3 is 2.68 bits per heavy atom. The zero-order chi connectivity index (χ0) is 21.6. The molecule has 1 N–H and O–H groups in total. The van der Waals surface area contributed by atoms with Gasteiger partial charge in [0.2, 0.25) is 5.91 Å². The van der Waals surface area contributed by atoms with Crippen molar-refractivity contribution < 1.29 is 14.3 Å². The predicted octanol–water partition coefficient (Wildman–Crippen LogP) is 4.79. The summed E-state index contributed by atoms with van der Waals surface area (Å²) in [5.41, 5.74) is 1.65. The fourth-order valence-corrected chi connectivity index (χ4v) is 4.49. The van der Waals surface area contributed by atoms with E-state index in [4.69, 9.17) is 16.3 Å². The van der Waals surface area contributed by atoms with Crippen molar-refractivity contribution in [2.75, 3.05) is 18.5 Å². The molecule has 0 atom stereocenters. The minimum atomic E-state index is -0.0944. The zero-order valence-corrected chi connectivity index (χ0v) is 18.4. The van der Waals surface area contributed by atoms with Gasteiger partial charge in [0.15, 0.2) is 5.13 Å². The first-order valence-corrected chi connectivity index (χ1v) is 11.3. The molecule has 0 aliphatic carbocycles. The number of halogens is 1. The molecule has 0 unspecified atom stereocenters. The first-order chi connectivity index (χ1) is 15.1. The van der Waals surface area contributed by atoms with Gasteiger partial charge in [-0.25, -0.2) is 4.98 Å². The van der Waals surface area contributed by atoms with Gasteiger partial charge >= 0.3 is 0 Å². The second kappa shape index (κ2) is 9.94. The van der Waals surface area contributed by atoms with Crippen LogP contribution in [-0.4, -0.2) is 34.8 Å². The number of hydrogen-bond acceptors (Lipinski definition) is 5. The molecule has 6 nitrogen and oxygen atoms in total. The summed E-state index contributed by atoms with van der Waals surface area (Å²) in [6.45, 7) is 1.59. The number of ether oxygens (including phenoxy) is 1. The van der Waals surface area contributed by atoms with Crippen molar-refractivity contribution in [3.05, 3.63) is 75.8 Å². The van der Waals surface area contributed by atoms with Crippen LogP contribution in [0.3, 0.4) is 0 Å². The molecule has 0 saturated carbocycles. The minimum Gasteiger partial charge on any atom is -0.494 e. The maximum absolute atomic E-state index is 12.7. The smallest absolute Gasteiger partial charge is 0.254 e. The number of nitrogens with one attached hydrogen (secondary N) is 1. The van der Waals surface area contributed by atoms with Crippen molar-refractivity contribution in [3.8, 4) is 5.75 Å². The number of carbonyl (C=O) groups is 2. The summed E-state index contributed by atoms with van der Waals surface area (Å²) >= 11 is 7.28. The Hall–Kier alpha value is -2.90. The van der Waals surface area contributed by atoms with Gasteiger partial charge in [0.25, 0.3) is 5.91 Å². The van der Waals surface area contributed by atoms with E-state index in [0.29, 0.717) is 54.7 Å². The number of thiazole rings is 1. The van der Waals surface area contributed by atoms with E-state index in [1.807, 2.05) is 35.2 Å². The van der Waals surface area contributed by atoms with Gasteiger partial charge in [0.1, 0.15) is 5.75 Å². The number of fused-ring (bicyclic) bond motifs is 1. The monoisotopic (exact) mass is 455 g/mol. The SMILES string of the molecule is O=C(CCCOc1ccc(Cl)cc1)Nc1nc2c(s1)CN(C(=O)c1ccccc1)CC2. The number of aromatic nitrogens is 1. The summed E-state index contributed by atoms with van der Waals surface area (Å²) in [7, 11) is 0. The third-order valence-corrected chi connectivity index (χ3v) is 6.17. The Balaban J connectivity index is 1.25. The van der Waals surface area contributed by atoms with E-state index in [1.54, 1.807) is 24.3 Å². The van der Waals surface area contributed by atoms with Crippen LogP contribution in [0.25, 0.3) is 0 Å². The lowest BCUT2D eigenvalue weighted by molar-refractivity contribution is -0.116. The molecule has 2 heterocycles. The number of anilines is 1. The van der Waals surface area contributed by atoms with Crippen LogP contribution in [0.1, 0.15) is 33.8 Å². The molecular weight excluding hydrogens is 434 g/mol. The summed E-state index contributed by atoms with van der Waals surface area (Å²) in [5, 5.41) is 4.12. The normalized spacial score (nSPS) is 12.9. The molecule has 0 bridgehead atoms. The van der Waals surface area contributed by atoms with Crippen LogP contribution in [0.4, 0.5) is 5.13 Å². The van der Waals surface area contributed by atoms with Crippen molar-refractivity contribution in [1.29, 1.82) is 0 Å². The number of amides is 2. The van der Waals surface area contributed by atoms with E-state index in [9.17, 15) is 9.59 Å². The number of nitrogens with zero attached hydrogens (tertiary/aromatic N) is 2. The Labute approximate surface area is 189 Å². The average molecular weight is 456 g/mol. The highest BCUT2D eigenvalue weighted by atomic mass is 35.5. The molecule has 2 aromatic carbocycles. The van der Waals surface area contributed by atoms with Gasteiger partial charge in [-0.05, 0) is 42.8 Å². The molecule has 1 aromatic heterocycles. The van der Waals surface area contributed by atoms with Gasteiger partial charge in [-0.2, -0.15) is 0 Å². The van der Waals surface area contributed by atoms with Crippen LogP contribution < -0.4 is 10.1 Å². The molecule has 3 aromatic rings. The van der Waals surface area contributed by atoms with E-state index < -0.39 is 0 Å². The fourth-order valence-electron chi connectivity index (χ4n) is 3.32. The lowest BCUT2D eigenvalue weighted by Crippen LogP contribution is -2.35. The Morgan fingerprint density at radius 2 is 1.90 bits per heavy atom. The zero-order valence-electron chi connectivity index (χ0n) is 16.8. The third-order valence-electron chi connectivity index (χ3n) is 4.92. The van der Waals surface area contributed by atoms with E-state index in [1.165, 1.54) is 11.3 Å². The molecule has 0 spiro atoms. The van der Waals surface area contributed by atoms with Gasteiger partial charge in [-0.15, -0.1) is 0 Å². The molecule has 2 amide bonds. The minimum absolute atomic E-state index is 0.0194. The van der Waals surface area contributed by atoms with E-state index in [0.717, 1.165) is 16.3 Å². The van der Waals surface area contributed by atoms with Crippen molar-refractivity contribution in [1.82, 2.24) is 9.88 Å². The summed E-state index contributed by atoms with van der Waals surface area (Å²) in [6, 6.07) is 16.4. The molecule has 0 fully saturated rings. The van der Waals surface area contributed by atoms with Gasteiger partial charge in [0.05, 0.1) is 18.8 Å². The van der Waals surface area contributed by atoms with E-state index in [-0.39, 0.29) is 11.8 Å². The second-order valence-electron chi connectivity index (χ2n) is 7.19. The van der Waals surface area contributed by atoms with Gasteiger partial charge in [-0.1, -0.05) is 41.1 Å². The number of benzene rings is 2. The first kappa shape index (κ1) is 21.3. The molecular formula is C23H22ClN3O3S. The number of rotatable bonds is 7. The van der Waals surface area contributed by atoms with E-state index >= 15 is 0 Å². The highest BCUT2D eigenvalue weighted by molar-refractivity contribution is 7.15. The van der Waals surface area contributed by atoms with Gasteiger partial charge in [0, 0.05) is 34.8 Å². The maximum atomic E-state index is 12.7. The fraction of sp³-hybridized carbons (Fsp3) is 0.261. The Bertz CT molecular complexity index is 1050. The summed E-state index contributed by atoms with van der Waals surface area (Å²) < 4.78 is 5.61. The topological polar surface area (TPSA) is 71.5 Å². The van der Waals surface area contributed by atoms with Crippen molar-refractivity contribution in [3.63, 3.8) is 0 Å². The molecule has 1 aliphatic rings. The largest absolute Gasteiger partial charge is 0.494 e. The highest BCUT2D eigenvalue weighted by Gasteiger charge is 2.25. The van der Waals surface area contributed by atoms with Crippen LogP contribution in [0, 0.1) is 0 Å². The molecule has 160 valence electrons. The Morgan fingerprint density at radius 1 is 1.13 bits per heavy atom. The lowest BCUT2D eigenvalue weighted by atomic mass is 10.1. The molecule has 8 heteroatoms. The first-order valence-electron chi connectivity index (χ1n) is 10.1. The summed E-state index contributed by atoms with van der Waals surface area (Å²) in [5.74, 6) is 0.654. The summed E-state index contributed by atoms with van der Waals surface area (Å²) in [6.07, 6.45) is 1.63. The number of hydrogen-bond donors (Lipinski definition) is 1. The van der Waals surface area contributed by atoms with Crippen LogP contribution >= 0.6 is 22.9 Å². The van der Waals surface area contributed by atoms with Crippen molar-refractivity contribution >= 4 is 39.9 Å². The predicted molar refractivity (Wildman–Crippen MR) is 122 cm³/mol. The van der Waals surface area contributed by atoms with Crippen LogP contribution in [-0.2, 0) is 17.8 Å². The molecule has 31 heavy (non-hydrogen) atoms. The Kier molecular flexibility index (Phi) is 6.84. The molecule has 0 saturated heterocycles. The molecule has 1 aliphatic heterocycles. The molecule has 4 rings (SSSR count). The quantitative estimate of drug-likeness (QED) is 0.520. The third kappa shape index (κ3) is 5.62. The van der Waals surface area contributed by atoms with Crippen LogP contribution in [0.2, 0.25) is 5.02 Å². The second-order valence-corrected chi connectivity index (χ2v) is 8.71. The maximum Gasteiger partial charge on any atom is 0.254 e. The van der Waals surface area contributed by atoms with E-state index in [2.05, 4.69) is 10.3 Å². The van der Waals surface area contributed by atoms with Crippen molar-refractivity contribution in [2.24, 2.45) is 0 Å².